The van der Waals surface area contributed by atoms with E-state index in [4.69, 9.17) is 4.74 Å². The number of nitrogens with one attached hydrogen (secondary N) is 1. The Bertz CT molecular complexity index is 704. The first-order chi connectivity index (χ1) is 10.8. The molecule has 6 nitrogen and oxygen atoms in total. The molecule has 0 radical (unpaired) electrons. The highest BCUT2D eigenvalue weighted by molar-refractivity contribution is 7.88. The maximum atomic E-state index is 12.9. The van der Waals surface area contributed by atoms with Gasteiger partial charge in [-0.1, -0.05) is 17.7 Å². The molecule has 0 bridgehead atoms. The van der Waals surface area contributed by atoms with Crippen LogP contribution in [0.1, 0.15) is 28.8 Å². The summed E-state index contributed by atoms with van der Waals surface area (Å²) in [6, 6.07) is 7.00. The van der Waals surface area contributed by atoms with Crippen molar-refractivity contribution in [3.63, 3.8) is 0 Å². The van der Waals surface area contributed by atoms with E-state index in [1.165, 1.54) is 0 Å². The highest BCUT2D eigenvalue weighted by Gasteiger charge is 2.47. The van der Waals surface area contributed by atoms with Gasteiger partial charge in [0.2, 0.25) is 10.0 Å². The van der Waals surface area contributed by atoms with Gasteiger partial charge in [0.25, 0.3) is 5.91 Å². The van der Waals surface area contributed by atoms with Crippen LogP contribution in [0, 0.1) is 6.92 Å². The molecule has 0 unspecified atom stereocenters. The number of hydrogen-bond donors (Lipinski definition) is 1. The number of carbonyl (C=O) groups excluding carboxylic acids is 1. The van der Waals surface area contributed by atoms with Gasteiger partial charge in [-0.15, -0.1) is 0 Å². The van der Waals surface area contributed by atoms with Crippen LogP contribution in [0.4, 0.5) is 0 Å². The molecular formula is C16H22N2O4S. The number of carbonyl (C=O) groups is 1. The lowest BCUT2D eigenvalue weighted by atomic mass is 10.0. The maximum Gasteiger partial charge on any atom is 0.254 e. The molecule has 1 N–H and O–H groups in total. The summed E-state index contributed by atoms with van der Waals surface area (Å²) in [7, 11) is -3.35. The minimum absolute atomic E-state index is 0.0630. The van der Waals surface area contributed by atoms with Gasteiger partial charge in [-0.05, 0) is 31.9 Å². The number of nitrogens with zero attached hydrogens (tertiary/aromatic N) is 1. The molecule has 3 atom stereocenters. The van der Waals surface area contributed by atoms with Crippen LogP contribution in [-0.2, 0) is 14.8 Å². The third kappa shape index (κ3) is 3.57. The lowest BCUT2D eigenvalue weighted by Crippen LogP contribution is -2.47. The van der Waals surface area contributed by atoms with Crippen LogP contribution in [0.5, 0.6) is 0 Å². The Morgan fingerprint density at radius 3 is 2.87 bits per heavy atom. The number of amides is 1. The Hall–Kier alpha value is -1.44. The van der Waals surface area contributed by atoms with Gasteiger partial charge in [0.1, 0.15) is 0 Å². The molecule has 2 saturated heterocycles. The summed E-state index contributed by atoms with van der Waals surface area (Å²) in [5, 5.41) is 0. The highest BCUT2D eigenvalue weighted by Crippen LogP contribution is 2.30. The standard InChI is InChI=1S/C16H22N2O4S/c1-11-5-3-6-12(9-11)16(19)18-10-13(17-23(2,20)21)15-14(18)7-4-8-22-15/h3,5-6,9,13-15,17H,4,7-8,10H2,1-2H3/t13-,14-,15-/m1/s1. The lowest BCUT2D eigenvalue weighted by molar-refractivity contribution is -0.0156. The van der Waals surface area contributed by atoms with Crippen molar-refractivity contribution in [2.24, 2.45) is 0 Å². The topological polar surface area (TPSA) is 75.7 Å². The zero-order valence-corrected chi connectivity index (χ0v) is 14.2. The Kier molecular flexibility index (Phi) is 4.44. The van der Waals surface area contributed by atoms with Crippen molar-refractivity contribution in [3.05, 3.63) is 35.4 Å². The molecule has 3 rings (SSSR count). The summed E-state index contributed by atoms with van der Waals surface area (Å²) < 4.78 is 31.6. The van der Waals surface area contributed by atoms with Crippen molar-refractivity contribution in [2.45, 2.75) is 38.0 Å². The fraction of sp³-hybridized carbons (Fsp3) is 0.562. The molecule has 0 aliphatic carbocycles. The second-order valence-electron chi connectivity index (χ2n) is 6.37. The first-order valence-corrected chi connectivity index (χ1v) is 9.71. The van der Waals surface area contributed by atoms with Gasteiger partial charge in [0, 0.05) is 18.7 Å². The third-order valence-electron chi connectivity index (χ3n) is 4.42. The molecule has 0 saturated carbocycles. The van der Waals surface area contributed by atoms with Crippen LogP contribution in [0.2, 0.25) is 0 Å². The van der Waals surface area contributed by atoms with Crippen LogP contribution < -0.4 is 4.72 Å². The van der Waals surface area contributed by atoms with E-state index in [-0.39, 0.29) is 24.1 Å². The van der Waals surface area contributed by atoms with Gasteiger partial charge < -0.3 is 9.64 Å². The lowest BCUT2D eigenvalue weighted by Gasteiger charge is -2.32. The number of rotatable bonds is 3. The highest BCUT2D eigenvalue weighted by atomic mass is 32.2. The zero-order chi connectivity index (χ0) is 16.6. The molecule has 23 heavy (non-hydrogen) atoms. The molecule has 1 aromatic rings. The smallest absolute Gasteiger partial charge is 0.254 e. The summed E-state index contributed by atoms with van der Waals surface area (Å²) in [5.41, 5.74) is 1.66. The molecule has 2 aliphatic rings. The Balaban J connectivity index is 1.85. The van der Waals surface area contributed by atoms with E-state index >= 15 is 0 Å². The molecule has 1 amide bonds. The normalized spacial score (nSPS) is 27.7. The van der Waals surface area contributed by atoms with Crippen molar-refractivity contribution >= 4 is 15.9 Å². The average molecular weight is 338 g/mol. The molecule has 126 valence electrons. The van der Waals surface area contributed by atoms with Crippen molar-refractivity contribution < 1.29 is 17.9 Å². The van der Waals surface area contributed by atoms with E-state index in [0.29, 0.717) is 18.7 Å². The van der Waals surface area contributed by atoms with E-state index in [2.05, 4.69) is 4.72 Å². The molecule has 2 heterocycles. The molecule has 7 heteroatoms. The van der Waals surface area contributed by atoms with Crippen LogP contribution in [-0.4, -0.2) is 56.8 Å². The van der Waals surface area contributed by atoms with E-state index in [0.717, 1.165) is 24.7 Å². The Morgan fingerprint density at radius 2 is 2.17 bits per heavy atom. The predicted octanol–water partition coefficient (Wildman–Crippen LogP) is 0.916. The first kappa shape index (κ1) is 16.4. The van der Waals surface area contributed by atoms with Crippen LogP contribution in [0.3, 0.4) is 0 Å². The van der Waals surface area contributed by atoms with E-state index in [1.54, 1.807) is 11.0 Å². The quantitative estimate of drug-likeness (QED) is 0.889. The van der Waals surface area contributed by atoms with Gasteiger partial charge >= 0.3 is 0 Å². The number of sulfonamides is 1. The second kappa shape index (κ2) is 6.22. The first-order valence-electron chi connectivity index (χ1n) is 7.82. The summed E-state index contributed by atoms with van der Waals surface area (Å²) in [5.74, 6) is -0.0630. The van der Waals surface area contributed by atoms with Gasteiger partial charge in [-0.2, -0.15) is 0 Å². The van der Waals surface area contributed by atoms with Crippen molar-refractivity contribution in [1.82, 2.24) is 9.62 Å². The summed E-state index contributed by atoms with van der Waals surface area (Å²) >= 11 is 0. The summed E-state index contributed by atoms with van der Waals surface area (Å²) in [6.07, 6.45) is 2.58. The van der Waals surface area contributed by atoms with Crippen molar-refractivity contribution in [2.75, 3.05) is 19.4 Å². The largest absolute Gasteiger partial charge is 0.374 e. The van der Waals surface area contributed by atoms with Gasteiger partial charge in [-0.25, -0.2) is 13.1 Å². The zero-order valence-electron chi connectivity index (χ0n) is 13.4. The fourth-order valence-corrected chi connectivity index (χ4v) is 4.27. The van der Waals surface area contributed by atoms with Crippen LogP contribution >= 0.6 is 0 Å². The number of hydrogen-bond acceptors (Lipinski definition) is 4. The molecule has 2 fully saturated rings. The monoisotopic (exact) mass is 338 g/mol. The molecular weight excluding hydrogens is 316 g/mol. The second-order valence-corrected chi connectivity index (χ2v) is 8.15. The van der Waals surface area contributed by atoms with Crippen LogP contribution in [0.15, 0.2) is 24.3 Å². The molecule has 0 spiro atoms. The molecule has 0 aromatic heterocycles. The molecule has 1 aromatic carbocycles. The Labute approximate surface area is 136 Å². The fourth-order valence-electron chi connectivity index (χ4n) is 3.51. The van der Waals surface area contributed by atoms with Gasteiger partial charge in [-0.3, -0.25) is 4.79 Å². The van der Waals surface area contributed by atoms with Crippen molar-refractivity contribution in [1.29, 1.82) is 0 Å². The van der Waals surface area contributed by atoms with Crippen molar-refractivity contribution in [3.8, 4) is 0 Å². The average Bonchev–Trinajstić information content (AvgIpc) is 2.84. The van der Waals surface area contributed by atoms with E-state index in [1.807, 2.05) is 25.1 Å². The minimum atomic E-state index is -3.35. The number of aryl methyl sites for hydroxylation is 1. The third-order valence-corrected chi connectivity index (χ3v) is 5.15. The number of fused-ring (bicyclic) bond motifs is 1. The van der Waals surface area contributed by atoms with Gasteiger partial charge in [0.05, 0.1) is 24.4 Å². The number of ether oxygens (including phenoxy) is 1. The van der Waals surface area contributed by atoms with Gasteiger partial charge in [0.15, 0.2) is 0 Å². The predicted molar refractivity (Wildman–Crippen MR) is 86.7 cm³/mol. The molecule has 2 aliphatic heterocycles. The maximum absolute atomic E-state index is 12.9. The van der Waals surface area contributed by atoms with E-state index in [9.17, 15) is 13.2 Å². The summed E-state index contributed by atoms with van der Waals surface area (Å²) in [6.45, 7) is 2.89. The summed E-state index contributed by atoms with van der Waals surface area (Å²) in [4.78, 5) is 14.6. The SMILES string of the molecule is Cc1cccc(C(=O)N2C[C@@H](NS(C)(=O)=O)[C@H]3OCCC[C@H]32)c1. The van der Waals surface area contributed by atoms with Crippen LogP contribution in [0.25, 0.3) is 0 Å². The minimum Gasteiger partial charge on any atom is -0.374 e. The van der Waals surface area contributed by atoms with E-state index < -0.39 is 10.0 Å². The number of likely N-dealkylation sites (tertiary alicyclic amines) is 1. The number of benzene rings is 1. The Morgan fingerprint density at radius 1 is 1.39 bits per heavy atom.